The van der Waals surface area contributed by atoms with E-state index in [1.165, 1.54) is 0 Å². The summed E-state index contributed by atoms with van der Waals surface area (Å²) >= 11 is 0. The number of para-hydroxylation sites is 2. The van der Waals surface area contributed by atoms with Gasteiger partial charge in [0.15, 0.2) is 0 Å². The van der Waals surface area contributed by atoms with Gasteiger partial charge < -0.3 is 18.9 Å². The molecule has 56 heavy (non-hydrogen) atoms. The van der Waals surface area contributed by atoms with Crippen molar-refractivity contribution in [3.63, 3.8) is 0 Å². The molecule has 0 aliphatic heterocycles. The topological polar surface area (TPSA) is 61.6 Å². The lowest BCUT2D eigenvalue weighted by molar-refractivity contribution is 0.300. The number of rotatable bonds is 14. The Bertz CT molecular complexity index is 2310. The second kappa shape index (κ2) is 18.6. The third-order valence-electron chi connectivity index (χ3n) is 8.95. The predicted molar refractivity (Wildman–Crippen MR) is 226 cm³/mol. The molecule has 7 aromatic carbocycles. The van der Waals surface area contributed by atoms with Crippen molar-refractivity contribution in [3.05, 3.63) is 215 Å². The van der Waals surface area contributed by atoms with Crippen molar-refractivity contribution in [2.75, 3.05) is 14.2 Å². The van der Waals surface area contributed by atoms with E-state index in [1.807, 2.05) is 182 Å². The second-order valence-electron chi connectivity index (χ2n) is 12.7. The van der Waals surface area contributed by atoms with Crippen molar-refractivity contribution in [3.8, 4) is 23.0 Å². The number of methoxy groups -OCH3 is 2. The van der Waals surface area contributed by atoms with Gasteiger partial charge in [-0.3, -0.25) is 0 Å². The summed E-state index contributed by atoms with van der Waals surface area (Å²) in [6, 6.07) is 59.6. The fourth-order valence-corrected chi connectivity index (χ4v) is 6.02. The molecular formula is C50H40N2O4. The van der Waals surface area contributed by atoms with Gasteiger partial charge in [-0.15, -0.1) is 0 Å². The first-order valence-electron chi connectivity index (χ1n) is 18.3. The lowest BCUT2D eigenvalue weighted by atomic mass is 9.98. The Morgan fingerprint density at radius 1 is 0.429 bits per heavy atom. The monoisotopic (exact) mass is 732 g/mol. The maximum absolute atomic E-state index is 6.21. The summed E-state index contributed by atoms with van der Waals surface area (Å²) in [6.07, 6.45) is 0. The molecule has 274 valence electrons. The molecule has 0 atom stereocenters. The molecule has 0 amide bonds. The van der Waals surface area contributed by atoms with Crippen LogP contribution in [0.3, 0.4) is 0 Å². The van der Waals surface area contributed by atoms with E-state index in [0.717, 1.165) is 55.9 Å². The highest BCUT2D eigenvalue weighted by Crippen LogP contribution is 2.35. The summed E-state index contributed by atoms with van der Waals surface area (Å²) in [7, 11) is 3.32. The smallest absolute Gasteiger partial charge is 0.131 e. The Morgan fingerprint density at radius 2 is 0.786 bits per heavy atom. The van der Waals surface area contributed by atoms with Gasteiger partial charge in [-0.05, 0) is 82.5 Å². The van der Waals surface area contributed by atoms with Gasteiger partial charge >= 0.3 is 0 Å². The van der Waals surface area contributed by atoms with E-state index in [-0.39, 0.29) is 0 Å². The van der Waals surface area contributed by atoms with Crippen LogP contribution in [-0.2, 0) is 13.2 Å². The fourth-order valence-electron chi connectivity index (χ4n) is 6.02. The van der Waals surface area contributed by atoms with Gasteiger partial charge in [0.1, 0.15) is 36.2 Å². The molecule has 6 heteroatoms. The first-order chi connectivity index (χ1) is 27.7. The number of ether oxygens (including phenoxy) is 4. The molecule has 0 saturated heterocycles. The van der Waals surface area contributed by atoms with Crippen LogP contribution >= 0.6 is 0 Å². The first kappa shape index (κ1) is 37.0. The van der Waals surface area contributed by atoms with Crippen molar-refractivity contribution in [2.24, 2.45) is 9.98 Å². The third kappa shape index (κ3) is 9.59. The second-order valence-corrected chi connectivity index (χ2v) is 12.7. The molecular weight excluding hydrogens is 693 g/mol. The van der Waals surface area contributed by atoms with Crippen molar-refractivity contribution >= 4 is 34.3 Å². The number of aliphatic imine (C=N–C) groups is 2. The van der Waals surface area contributed by atoms with Crippen molar-refractivity contribution in [1.82, 2.24) is 0 Å². The number of nitrogens with zero attached hydrogens (tertiary/aromatic N) is 2. The molecule has 0 spiro atoms. The Kier molecular flexibility index (Phi) is 12.3. The highest BCUT2D eigenvalue weighted by Gasteiger charge is 2.15. The van der Waals surface area contributed by atoms with Crippen LogP contribution in [0.25, 0.3) is 11.1 Å². The number of hydrogen-bond donors (Lipinski definition) is 0. The quantitative estimate of drug-likeness (QED) is 0.104. The molecule has 0 aliphatic rings. The van der Waals surface area contributed by atoms with Gasteiger partial charge in [-0.25, -0.2) is 9.98 Å². The van der Waals surface area contributed by atoms with Gasteiger partial charge in [-0.2, -0.15) is 0 Å². The van der Waals surface area contributed by atoms with Crippen LogP contribution in [0.2, 0.25) is 0 Å². The number of hydrogen-bond acceptors (Lipinski definition) is 6. The highest BCUT2D eigenvalue weighted by molar-refractivity contribution is 6.02. The summed E-state index contributed by atoms with van der Waals surface area (Å²) in [5.41, 5.74) is 9.06. The van der Waals surface area contributed by atoms with Gasteiger partial charge in [0.2, 0.25) is 0 Å². The van der Waals surface area contributed by atoms with Crippen molar-refractivity contribution < 1.29 is 18.9 Å². The van der Waals surface area contributed by atoms with Crippen LogP contribution in [0.5, 0.6) is 23.0 Å². The summed E-state index contributed by atoms with van der Waals surface area (Å²) < 4.78 is 24.1. The zero-order valence-corrected chi connectivity index (χ0v) is 31.3. The average Bonchev–Trinajstić information content (AvgIpc) is 3.27. The largest absolute Gasteiger partial charge is 0.496 e. The van der Waals surface area contributed by atoms with E-state index in [0.29, 0.717) is 36.2 Å². The molecule has 7 rings (SSSR count). The maximum Gasteiger partial charge on any atom is 0.131 e. The normalized spacial score (nSPS) is 10.3. The predicted octanol–water partition coefficient (Wildman–Crippen LogP) is 11.7. The van der Waals surface area contributed by atoms with Gasteiger partial charge in [0.05, 0.1) is 36.7 Å². The summed E-state index contributed by atoms with van der Waals surface area (Å²) in [6.45, 7) is 0.786. The maximum atomic E-state index is 6.21. The lowest BCUT2D eigenvalue weighted by Crippen LogP contribution is -2.00. The lowest BCUT2D eigenvalue weighted by Gasteiger charge is -2.14. The average molecular weight is 733 g/mol. The molecule has 7 aromatic rings. The molecule has 0 bridgehead atoms. The van der Waals surface area contributed by atoms with Crippen LogP contribution in [0.15, 0.2) is 192 Å². The van der Waals surface area contributed by atoms with E-state index in [2.05, 4.69) is 21.7 Å². The van der Waals surface area contributed by atoms with Gasteiger partial charge in [-0.1, -0.05) is 121 Å². The van der Waals surface area contributed by atoms with Gasteiger partial charge in [0.25, 0.3) is 0 Å². The SMILES string of the molecule is COc1cc(OCc2ccc(COc3ccc(C(=C=Nc4ccccc4)c4ccccc4)c(OC)c3)cc2)ccc1C(=C=Nc1ccccc1)c1ccccc1. The molecule has 0 saturated carbocycles. The van der Waals surface area contributed by atoms with Crippen molar-refractivity contribution in [1.29, 1.82) is 0 Å². The molecule has 0 aromatic heterocycles. The zero-order chi connectivity index (χ0) is 38.4. The fraction of sp³-hybridized carbons (Fsp3) is 0.0800. The standard InChI is InChI=1S/C50H40N2O4/c1-53-49-31-43(27-29-45(49)47(39-15-7-3-8-16-39)33-51-41-19-11-5-12-20-41)55-35-37-23-25-38(26-24-37)36-56-44-28-30-46(50(32-44)54-2)48(40-17-9-4-10-18-40)34-52-42-21-13-6-14-22-42/h3-32H,35-36H2,1-2H3. The Labute approximate surface area is 328 Å². The minimum atomic E-state index is 0.393. The number of benzene rings is 7. The van der Waals surface area contributed by atoms with E-state index in [9.17, 15) is 0 Å². The minimum absolute atomic E-state index is 0.393. The Morgan fingerprint density at radius 3 is 1.14 bits per heavy atom. The van der Waals surface area contributed by atoms with Crippen LogP contribution in [0.1, 0.15) is 33.4 Å². The molecule has 0 N–H and O–H groups in total. The molecule has 0 radical (unpaired) electrons. The highest BCUT2D eigenvalue weighted by atomic mass is 16.5. The van der Waals surface area contributed by atoms with Crippen LogP contribution in [-0.4, -0.2) is 26.0 Å². The zero-order valence-electron chi connectivity index (χ0n) is 31.3. The van der Waals surface area contributed by atoms with Crippen LogP contribution in [0, 0.1) is 0 Å². The molecule has 0 aliphatic carbocycles. The molecule has 6 nitrogen and oxygen atoms in total. The van der Waals surface area contributed by atoms with Gasteiger partial charge in [0, 0.05) is 23.3 Å². The molecule has 0 fully saturated rings. The minimum Gasteiger partial charge on any atom is -0.496 e. The van der Waals surface area contributed by atoms with E-state index in [4.69, 9.17) is 18.9 Å². The van der Waals surface area contributed by atoms with E-state index >= 15 is 0 Å². The summed E-state index contributed by atoms with van der Waals surface area (Å²) in [4.78, 5) is 9.24. The first-order valence-corrected chi connectivity index (χ1v) is 18.3. The van der Waals surface area contributed by atoms with E-state index < -0.39 is 0 Å². The van der Waals surface area contributed by atoms with Crippen molar-refractivity contribution in [2.45, 2.75) is 13.2 Å². The summed E-state index contributed by atoms with van der Waals surface area (Å²) in [5.74, 6) is 9.27. The van der Waals surface area contributed by atoms with Crippen LogP contribution < -0.4 is 18.9 Å². The summed E-state index contributed by atoms with van der Waals surface area (Å²) in [5, 5.41) is 0. The molecule has 0 heterocycles. The molecule has 0 unspecified atom stereocenters. The van der Waals surface area contributed by atoms with E-state index in [1.54, 1.807) is 14.2 Å². The Hall–Kier alpha value is -7.36. The Balaban J connectivity index is 1.02. The van der Waals surface area contributed by atoms with Crippen LogP contribution in [0.4, 0.5) is 11.4 Å². The third-order valence-corrected chi connectivity index (χ3v) is 8.95.